The molecule has 1 saturated heterocycles. The summed E-state index contributed by atoms with van der Waals surface area (Å²) in [5.74, 6) is 0.995. The highest BCUT2D eigenvalue weighted by molar-refractivity contribution is 7.99. The lowest BCUT2D eigenvalue weighted by atomic mass is 10.1. The first-order valence-corrected chi connectivity index (χ1v) is 6.13. The van der Waals surface area contributed by atoms with Crippen molar-refractivity contribution in [2.45, 2.75) is 50.9 Å². The predicted molar refractivity (Wildman–Crippen MR) is 55.7 cm³/mol. The van der Waals surface area contributed by atoms with Crippen molar-refractivity contribution in [2.75, 3.05) is 5.75 Å². The van der Waals surface area contributed by atoms with Gasteiger partial charge in [-0.2, -0.15) is 0 Å². The van der Waals surface area contributed by atoms with E-state index in [-0.39, 0.29) is 11.4 Å². The van der Waals surface area contributed by atoms with Crippen molar-refractivity contribution in [3.8, 4) is 0 Å². The van der Waals surface area contributed by atoms with Crippen molar-refractivity contribution in [3.63, 3.8) is 0 Å². The summed E-state index contributed by atoms with van der Waals surface area (Å²) in [5.41, 5.74) is 0.121. The van der Waals surface area contributed by atoms with Gasteiger partial charge in [0.2, 0.25) is 0 Å². The van der Waals surface area contributed by atoms with E-state index in [1.54, 1.807) is 11.8 Å². The summed E-state index contributed by atoms with van der Waals surface area (Å²) in [5, 5.41) is 0. The third-order valence-corrected chi connectivity index (χ3v) is 3.41. The maximum Gasteiger partial charge on any atom is 0.303 e. The van der Waals surface area contributed by atoms with E-state index in [1.807, 2.05) is 0 Å². The number of hydrogen-bond donors (Lipinski definition) is 0. The number of carbonyl (C=O) groups is 1. The summed E-state index contributed by atoms with van der Waals surface area (Å²) in [6, 6.07) is 0. The maximum atomic E-state index is 10.8. The molecule has 3 heteroatoms. The molecule has 0 amide bonds. The lowest BCUT2D eigenvalue weighted by Gasteiger charge is -2.14. The van der Waals surface area contributed by atoms with Crippen molar-refractivity contribution in [1.29, 1.82) is 0 Å². The Morgan fingerprint density at radius 3 is 2.69 bits per heavy atom. The van der Waals surface area contributed by atoms with Gasteiger partial charge in [-0.3, -0.25) is 4.79 Å². The standard InChI is InChI=1S/C10H18O2S/c1-9(11)12-10-7-5-3-2-4-6-8-13-10/h10H,2-8H2,1H3. The summed E-state index contributed by atoms with van der Waals surface area (Å²) in [4.78, 5) is 10.8. The Bertz CT molecular complexity index is 149. The monoisotopic (exact) mass is 202 g/mol. The maximum absolute atomic E-state index is 10.8. The molecule has 1 rings (SSSR count). The van der Waals surface area contributed by atoms with Crippen LogP contribution in [0.4, 0.5) is 0 Å². The third kappa shape index (κ3) is 5.19. The number of rotatable bonds is 1. The van der Waals surface area contributed by atoms with E-state index in [2.05, 4.69) is 0 Å². The molecule has 13 heavy (non-hydrogen) atoms. The fourth-order valence-electron chi connectivity index (χ4n) is 1.52. The Hall–Kier alpha value is -0.180. The zero-order valence-corrected chi connectivity index (χ0v) is 9.07. The van der Waals surface area contributed by atoms with Gasteiger partial charge in [-0.25, -0.2) is 0 Å². The van der Waals surface area contributed by atoms with Crippen molar-refractivity contribution >= 4 is 17.7 Å². The van der Waals surface area contributed by atoms with Gasteiger partial charge < -0.3 is 4.74 Å². The van der Waals surface area contributed by atoms with Crippen LogP contribution in [0.1, 0.15) is 45.4 Å². The number of hydrogen-bond acceptors (Lipinski definition) is 3. The van der Waals surface area contributed by atoms with Gasteiger partial charge in [0.25, 0.3) is 0 Å². The summed E-state index contributed by atoms with van der Waals surface area (Å²) < 4.78 is 5.21. The molecule has 0 saturated carbocycles. The molecule has 1 fully saturated rings. The number of ether oxygens (including phenoxy) is 1. The van der Waals surface area contributed by atoms with E-state index in [4.69, 9.17) is 4.74 Å². The molecule has 0 aromatic rings. The van der Waals surface area contributed by atoms with Crippen LogP contribution >= 0.6 is 11.8 Å². The van der Waals surface area contributed by atoms with Gasteiger partial charge in [0, 0.05) is 6.92 Å². The Balaban J connectivity index is 2.27. The van der Waals surface area contributed by atoms with Gasteiger partial charge in [0.15, 0.2) is 0 Å². The smallest absolute Gasteiger partial charge is 0.303 e. The number of thioether (sulfide) groups is 1. The molecule has 0 bridgehead atoms. The first-order valence-electron chi connectivity index (χ1n) is 5.08. The van der Waals surface area contributed by atoms with E-state index in [0.29, 0.717) is 0 Å². The van der Waals surface area contributed by atoms with Crippen molar-refractivity contribution < 1.29 is 9.53 Å². The minimum atomic E-state index is -0.142. The highest BCUT2D eigenvalue weighted by Crippen LogP contribution is 2.23. The van der Waals surface area contributed by atoms with E-state index < -0.39 is 0 Å². The van der Waals surface area contributed by atoms with E-state index in [1.165, 1.54) is 39.0 Å². The van der Waals surface area contributed by atoms with Gasteiger partial charge >= 0.3 is 5.97 Å². The molecular formula is C10H18O2S. The third-order valence-electron chi connectivity index (χ3n) is 2.19. The minimum absolute atomic E-state index is 0.121. The summed E-state index contributed by atoms with van der Waals surface area (Å²) in [6.07, 6.45) is 7.46. The minimum Gasteiger partial charge on any atom is -0.451 e. The van der Waals surface area contributed by atoms with Gasteiger partial charge in [-0.05, 0) is 25.0 Å². The molecule has 0 aliphatic carbocycles. The van der Waals surface area contributed by atoms with E-state index in [0.717, 1.165) is 12.2 Å². The molecule has 1 unspecified atom stereocenters. The second-order valence-electron chi connectivity index (χ2n) is 3.47. The molecule has 0 aromatic heterocycles. The largest absolute Gasteiger partial charge is 0.451 e. The number of carbonyl (C=O) groups excluding carboxylic acids is 1. The predicted octanol–water partition coefficient (Wildman–Crippen LogP) is 2.96. The molecule has 2 nitrogen and oxygen atoms in total. The zero-order chi connectivity index (χ0) is 9.52. The fraction of sp³-hybridized carbons (Fsp3) is 0.900. The topological polar surface area (TPSA) is 26.3 Å². The van der Waals surface area contributed by atoms with E-state index >= 15 is 0 Å². The van der Waals surface area contributed by atoms with Crippen LogP contribution in [0.15, 0.2) is 0 Å². The Morgan fingerprint density at radius 1 is 1.23 bits per heavy atom. The van der Waals surface area contributed by atoms with Crippen LogP contribution in [-0.4, -0.2) is 17.2 Å². The Morgan fingerprint density at radius 2 is 1.92 bits per heavy atom. The second-order valence-corrected chi connectivity index (χ2v) is 4.73. The second kappa shape index (κ2) is 6.30. The number of esters is 1. The average Bonchev–Trinajstić information content (AvgIpc) is 2.17. The molecule has 1 aliphatic heterocycles. The SMILES string of the molecule is CC(=O)OC1CCCCCCCS1. The first-order chi connectivity index (χ1) is 6.29. The van der Waals surface area contributed by atoms with Crippen LogP contribution in [0, 0.1) is 0 Å². The van der Waals surface area contributed by atoms with Crippen LogP contribution in [0.25, 0.3) is 0 Å². The molecule has 76 valence electrons. The molecule has 1 atom stereocenters. The first kappa shape index (κ1) is 10.9. The highest BCUT2D eigenvalue weighted by atomic mass is 32.2. The Labute approximate surface area is 84.4 Å². The van der Waals surface area contributed by atoms with Crippen molar-refractivity contribution in [2.24, 2.45) is 0 Å². The summed E-state index contributed by atoms with van der Waals surface area (Å²) >= 11 is 1.80. The van der Waals surface area contributed by atoms with Crippen molar-refractivity contribution in [3.05, 3.63) is 0 Å². The zero-order valence-electron chi connectivity index (χ0n) is 8.25. The molecule has 0 N–H and O–H groups in total. The van der Waals surface area contributed by atoms with Crippen LogP contribution in [0.5, 0.6) is 0 Å². The van der Waals surface area contributed by atoms with E-state index in [9.17, 15) is 4.79 Å². The van der Waals surface area contributed by atoms with Gasteiger partial charge in [0.1, 0.15) is 5.44 Å². The summed E-state index contributed by atoms with van der Waals surface area (Å²) in [7, 11) is 0. The summed E-state index contributed by atoms with van der Waals surface area (Å²) in [6.45, 7) is 1.49. The van der Waals surface area contributed by atoms with Crippen LogP contribution in [-0.2, 0) is 9.53 Å². The molecule has 1 aliphatic rings. The van der Waals surface area contributed by atoms with Crippen molar-refractivity contribution in [1.82, 2.24) is 0 Å². The quantitative estimate of drug-likeness (QED) is 0.611. The molecule has 0 radical (unpaired) electrons. The average molecular weight is 202 g/mol. The highest BCUT2D eigenvalue weighted by Gasteiger charge is 2.13. The molecule has 0 spiro atoms. The lowest BCUT2D eigenvalue weighted by Crippen LogP contribution is -2.12. The lowest BCUT2D eigenvalue weighted by molar-refractivity contribution is -0.142. The van der Waals surface area contributed by atoms with Gasteiger partial charge in [-0.15, -0.1) is 11.8 Å². The Kier molecular flexibility index (Phi) is 5.28. The van der Waals surface area contributed by atoms with Crippen LogP contribution < -0.4 is 0 Å². The van der Waals surface area contributed by atoms with Crippen LogP contribution in [0.3, 0.4) is 0 Å². The normalized spacial score (nSPS) is 25.5. The van der Waals surface area contributed by atoms with Crippen LogP contribution in [0.2, 0.25) is 0 Å². The molecule has 1 heterocycles. The molecular weight excluding hydrogens is 184 g/mol. The fourth-order valence-corrected chi connectivity index (χ4v) is 2.69. The molecule has 0 aromatic carbocycles. The van der Waals surface area contributed by atoms with Gasteiger partial charge in [0.05, 0.1) is 0 Å². The van der Waals surface area contributed by atoms with Gasteiger partial charge in [-0.1, -0.05) is 19.3 Å².